The van der Waals surface area contributed by atoms with Crippen molar-refractivity contribution in [1.29, 1.82) is 0 Å². The fraction of sp³-hybridized carbons (Fsp3) is 0.680. The Labute approximate surface area is 216 Å². The second-order valence-corrected chi connectivity index (χ2v) is 11.0. The zero-order valence-corrected chi connectivity index (χ0v) is 22.6. The zero-order valence-electron chi connectivity index (χ0n) is 21.7. The maximum atomic E-state index is 13.0. The van der Waals surface area contributed by atoms with Crippen LogP contribution in [-0.4, -0.2) is 70.9 Å². The number of aliphatic carboxylic acids is 1. The summed E-state index contributed by atoms with van der Waals surface area (Å²) in [6.45, 7) is 9.91. The first-order valence-corrected chi connectivity index (χ1v) is 13.2. The highest BCUT2D eigenvalue weighted by Crippen LogP contribution is 2.20. The Morgan fingerprint density at radius 2 is 2.00 bits per heavy atom. The average Bonchev–Trinajstić information content (AvgIpc) is 3.32. The van der Waals surface area contributed by atoms with Crippen LogP contribution in [-0.2, 0) is 30.3 Å². The van der Waals surface area contributed by atoms with Crippen LogP contribution in [0.25, 0.3) is 0 Å². The summed E-state index contributed by atoms with van der Waals surface area (Å²) >= 11 is 1.45. The Kier molecular flexibility index (Phi) is 11.2. The summed E-state index contributed by atoms with van der Waals surface area (Å²) in [5.41, 5.74) is -0.651. The Morgan fingerprint density at radius 3 is 2.58 bits per heavy atom. The van der Waals surface area contributed by atoms with E-state index < -0.39 is 41.9 Å². The van der Waals surface area contributed by atoms with E-state index in [4.69, 9.17) is 9.47 Å². The van der Waals surface area contributed by atoms with Crippen molar-refractivity contribution in [2.24, 2.45) is 5.92 Å². The molecule has 11 heteroatoms. The lowest BCUT2D eigenvalue weighted by Crippen LogP contribution is -2.54. The molecule has 0 radical (unpaired) electrons. The maximum absolute atomic E-state index is 13.0. The largest absolute Gasteiger partial charge is 0.480 e. The zero-order chi connectivity index (χ0) is 26.9. The lowest BCUT2D eigenvalue weighted by atomic mass is 9.98. The molecule has 1 fully saturated rings. The molecule has 0 aliphatic carbocycles. The van der Waals surface area contributed by atoms with Gasteiger partial charge in [0.25, 0.3) is 0 Å². The van der Waals surface area contributed by atoms with E-state index in [1.807, 2.05) is 24.4 Å². The molecule has 4 atom stereocenters. The Bertz CT molecular complexity index is 885. The monoisotopic (exact) mass is 525 g/mol. The molecule has 2 rings (SSSR count). The standard InChI is InChI=1S/C25H39N3O7S/c1-6-16(2)21(23(31)32)27-22(30)18(15-17-9-7-14-36-17)26-19(29)10-11-20-28(12-8-13-34-20)24(33)35-25(3,4)5/h7,9,14,16,18,20-21H,6,8,10-13,15H2,1-5H3,(H,26,29)(H,27,30)(H,31,32)/t16-,18-,20?,21-/m0/s1. The molecule has 1 aromatic rings. The van der Waals surface area contributed by atoms with Crippen LogP contribution in [0.4, 0.5) is 4.79 Å². The van der Waals surface area contributed by atoms with Crippen molar-refractivity contribution in [3.05, 3.63) is 22.4 Å². The number of carbonyl (C=O) groups excluding carboxylic acids is 3. The first-order valence-electron chi connectivity index (χ1n) is 12.4. The number of rotatable bonds is 11. The Morgan fingerprint density at radius 1 is 1.28 bits per heavy atom. The van der Waals surface area contributed by atoms with Gasteiger partial charge in [0.2, 0.25) is 11.8 Å². The number of nitrogens with one attached hydrogen (secondary N) is 2. The smallest absolute Gasteiger partial charge is 0.412 e. The summed E-state index contributed by atoms with van der Waals surface area (Å²) in [7, 11) is 0. The molecule has 1 saturated heterocycles. The van der Waals surface area contributed by atoms with Crippen LogP contribution >= 0.6 is 11.3 Å². The maximum Gasteiger partial charge on any atom is 0.412 e. The van der Waals surface area contributed by atoms with Gasteiger partial charge in [0, 0.05) is 30.7 Å². The highest BCUT2D eigenvalue weighted by atomic mass is 32.1. The van der Waals surface area contributed by atoms with Gasteiger partial charge in [-0.2, -0.15) is 0 Å². The van der Waals surface area contributed by atoms with Gasteiger partial charge < -0.3 is 25.2 Å². The molecular formula is C25H39N3O7S. The van der Waals surface area contributed by atoms with Crippen molar-refractivity contribution in [3.63, 3.8) is 0 Å². The minimum atomic E-state index is -1.12. The van der Waals surface area contributed by atoms with Gasteiger partial charge in [-0.05, 0) is 44.6 Å². The van der Waals surface area contributed by atoms with E-state index in [9.17, 15) is 24.3 Å². The molecule has 0 bridgehead atoms. The minimum absolute atomic E-state index is 0.0197. The molecule has 1 aliphatic rings. The van der Waals surface area contributed by atoms with E-state index >= 15 is 0 Å². The van der Waals surface area contributed by atoms with E-state index in [0.29, 0.717) is 26.0 Å². The average molecular weight is 526 g/mol. The van der Waals surface area contributed by atoms with E-state index in [0.717, 1.165) is 4.88 Å². The molecule has 1 aromatic heterocycles. The van der Waals surface area contributed by atoms with Crippen molar-refractivity contribution >= 4 is 35.2 Å². The second kappa shape index (κ2) is 13.6. The molecular weight excluding hydrogens is 486 g/mol. The molecule has 0 aromatic carbocycles. The third-order valence-electron chi connectivity index (χ3n) is 5.86. The molecule has 10 nitrogen and oxygen atoms in total. The topological polar surface area (TPSA) is 134 Å². The van der Waals surface area contributed by atoms with E-state index in [1.54, 1.807) is 27.7 Å². The molecule has 1 unspecified atom stereocenters. The Hall–Kier alpha value is -2.66. The highest BCUT2D eigenvalue weighted by molar-refractivity contribution is 7.09. The van der Waals surface area contributed by atoms with Gasteiger partial charge in [-0.25, -0.2) is 9.59 Å². The second-order valence-electron chi connectivity index (χ2n) is 10.0. The van der Waals surface area contributed by atoms with Gasteiger partial charge in [-0.3, -0.25) is 14.5 Å². The number of hydrogen-bond donors (Lipinski definition) is 3. The highest BCUT2D eigenvalue weighted by Gasteiger charge is 2.33. The molecule has 36 heavy (non-hydrogen) atoms. The summed E-state index contributed by atoms with van der Waals surface area (Å²) in [6, 6.07) is 1.72. The van der Waals surface area contributed by atoms with Gasteiger partial charge in [-0.1, -0.05) is 26.3 Å². The molecule has 202 valence electrons. The summed E-state index contributed by atoms with van der Waals surface area (Å²) in [5.74, 6) is -2.32. The third-order valence-corrected chi connectivity index (χ3v) is 6.76. The van der Waals surface area contributed by atoms with Crippen molar-refractivity contribution < 1.29 is 33.8 Å². The van der Waals surface area contributed by atoms with Gasteiger partial charge in [0.05, 0.1) is 6.61 Å². The van der Waals surface area contributed by atoms with Crippen molar-refractivity contribution in [2.75, 3.05) is 13.2 Å². The normalized spacial score (nSPS) is 18.6. The van der Waals surface area contributed by atoms with Crippen molar-refractivity contribution in [3.8, 4) is 0 Å². The van der Waals surface area contributed by atoms with Gasteiger partial charge >= 0.3 is 12.1 Å². The van der Waals surface area contributed by atoms with Crippen molar-refractivity contribution in [1.82, 2.24) is 15.5 Å². The summed E-state index contributed by atoms with van der Waals surface area (Å²) in [5, 5.41) is 16.8. The van der Waals surface area contributed by atoms with Crippen LogP contribution in [0.3, 0.4) is 0 Å². The molecule has 0 saturated carbocycles. The van der Waals surface area contributed by atoms with Gasteiger partial charge in [0.1, 0.15) is 23.9 Å². The number of carbonyl (C=O) groups is 4. The first kappa shape index (κ1) is 29.6. The SMILES string of the molecule is CC[C@H](C)[C@H](NC(=O)[C@H](Cc1cccs1)NC(=O)CCC1OCCCN1C(=O)OC(C)(C)C)C(=O)O. The summed E-state index contributed by atoms with van der Waals surface area (Å²) < 4.78 is 11.2. The molecule has 2 heterocycles. The number of carboxylic acids is 1. The lowest BCUT2D eigenvalue weighted by molar-refractivity contribution is -0.143. The number of amides is 3. The van der Waals surface area contributed by atoms with Gasteiger partial charge in [0.15, 0.2) is 0 Å². The van der Waals surface area contributed by atoms with Crippen LogP contribution in [0.15, 0.2) is 17.5 Å². The molecule has 0 spiro atoms. The Balaban J connectivity index is 2.04. The van der Waals surface area contributed by atoms with Crippen LogP contribution in [0.5, 0.6) is 0 Å². The number of thiophene rings is 1. The van der Waals surface area contributed by atoms with Crippen LogP contribution in [0.2, 0.25) is 0 Å². The molecule has 3 N–H and O–H groups in total. The lowest BCUT2D eigenvalue weighted by Gasteiger charge is -2.36. The molecule has 1 aliphatic heterocycles. The van der Waals surface area contributed by atoms with Crippen LogP contribution < -0.4 is 10.6 Å². The van der Waals surface area contributed by atoms with E-state index in [1.165, 1.54) is 16.2 Å². The molecule has 3 amide bonds. The number of nitrogens with zero attached hydrogens (tertiary/aromatic N) is 1. The van der Waals surface area contributed by atoms with Gasteiger partial charge in [-0.15, -0.1) is 11.3 Å². The van der Waals surface area contributed by atoms with Crippen LogP contribution in [0, 0.1) is 5.92 Å². The summed E-state index contributed by atoms with van der Waals surface area (Å²) in [6.07, 6.45) is 0.653. The predicted octanol–water partition coefficient (Wildman–Crippen LogP) is 3.15. The summed E-state index contributed by atoms with van der Waals surface area (Å²) in [4.78, 5) is 52.5. The third kappa shape index (κ3) is 9.42. The number of carboxylic acid groups (broad SMARTS) is 1. The number of hydrogen-bond acceptors (Lipinski definition) is 7. The van der Waals surface area contributed by atoms with Crippen LogP contribution in [0.1, 0.15) is 65.2 Å². The fourth-order valence-electron chi connectivity index (χ4n) is 3.75. The fourth-order valence-corrected chi connectivity index (χ4v) is 4.51. The quantitative estimate of drug-likeness (QED) is 0.404. The predicted molar refractivity (Wildman–Crippen MR) is 136 cm³/mol. The van der Waals surface area contributed by atoms with E-state index in [-0.39, 0.29) is 31.1 Å². The number of ether oxygens (including phenoxy) is 2. The minimum Gasteiger partial charge on any atom is -0.480 e. The van der Waals surface area contributed by atoms with Crippen molar-refractivity contribution in [2.45, 2.75) is 90.6 Å². The first-order chi connectivity index (χ1) is 16.9. The van der Waals surface area contributed by atoms with E-state index in [2.05, 4.69) is 10.6 Å².